The summed E-state index contributed by atoms with van der Waals surface area (Å²) in [6.07, 6.45) is 0. The highest BCUT2D eigenvalue weighted by molar-refractivity contribution is 7.81. The maximum atomic E-state index is 10.2. The first-order valence-corrected chi connectivity index (χ1v) is 3.39. The Morgan fingerprint density at radius 2 is 1.89 bits per heavy atom. The minimum atomic E-state index is -3.81. The Morgan fingerprint density at radius 3 is 2.22 bits per heavy atom. The first-order chi connectivity index (χ1) is 4.12. The van der Waals surface area contributed by atoms with Gasteiger partial charge in [-0.25, -0.2) is 4.18 Å². The first kappa shape index (κ1) is 8.83. The van der Waals surface area contributed by atoms with Gasteiger partial charge in [0.2, 0.25) is 0 Å². The van der Waals surface area contributed by atoms with E-state index in [-0.39, 0.29) is 6.79 Å². The van der Waals surface area contributed by atoms with Gasteiger partial charge in [0.1, 0.15) is 0 Å². The lowest BCUT2D eigenvalue weighted by atomic mass is 11.4. The fourth-order valence-corrected chi connectivity index (χ4v) is 0.465. The molecule has 5 nitrogen and oxygen atoms in total. The number of hydrogen-bond donors (Lipinski definition) is 0. The predicted octanol–water partition coefficient (Wildman–Crippen LogP) is -0.502. The molecule has 6 heteroatoms. The van der Waals surface area contributed by atoms with Crippen molar-refractivity contribution in [3.63, 3.8) is 0 Å². The van der Waals surface area contributed by atoms with Gasteiger partial charge in [-0.2, -0.15) is 8.42 Å². The summed E-state index contributed by atoms with van der Waals surface area (Å²) in [7, 11) is -1.49. The second-order valence-corrected chi connectivity index (χ2v) is 2.48. The Hall–Kier alpha value is -0.170. The second-order valence-electron chi connectivity index (χ2n) is 1.10. The molecule has 0 rings (SSSR count). The molecule has 0 spiro atoms. The van der Waals surface area contributed by atoms with E-state index in [4.69, 9.17) is 0 Å². The molecule has 0 aromatic carbocycles. The Kier molecular flexibility index (Phi) is 3.71. The van der Waals surface area contributed by atoms with Gasteiger partial charge in [-0.15, -0.1) is 0 Å². The van der Waals surface area contributed by atoms with E-state index in [0.29, 0.717) is 0 Å². The van der Waals surface area contributed by atoms with E-state index in [0.717, 1.165) is 7.11 Å². The molecule has 0 N–H and O–H groups in total. The smallest absolute Gasteiger partial charge is 0.357 e. The monoisotopic (exact) mass is 156 g/mol. The average Bonchev–Trinajstić information content (AvgIpc) is 1.84. The van der Waals surface area contributed by atoms with Crippen LogP contribution in [0.25, 0.3) is 0 Å². The van der Waals surface area contributed by atoms with Gasteiger partial charge in [-0.1, -0.05) is 0 Å². The largest absolute Gasteiger partial charge is 0.401 e. The number of ether oxygens (including phenoxy) is 1. The third kappa shape index (κ3) is 4.34. The van der Waals surface area contributed by atoms with Crippen LogP contribution < -0.4 is 0 Å². The molecule has 0 aliphatic carbocycles. The van der Waals surface area contributed by atoms with Gasteiger partial charge in [0, 0.05) is 7.11 Å². The van der Waals surface area contributed by atoms with Crippen LogP contribution in [0.5, 0.6) is 0 Å². The van der Waals surface area contributed by atoms with E-state index < -0.39 is 10.4 Å². The zero-order valence-electron chi connectivity index (χ0n) is 5.16. The standard InChI is InChI=1S/C3H8O5S/c1-6-3-8-9(4,5)7-2/h3H2,1-2H3. The number of rotatable bonds is 4. The summed E-state index contributed by atoms with van der Waals surface area (Å²) in [5.74, 6) is 0. The van der Waals surface area contributed by atoms with Gasteiger partial charge in [-0.3, -0.25) is 4.18 Å². The quantitative estimate of drug-likeness (QED) is 0.513. The van der Waals surface area contributed by atoms with Crippen LogP contribution in [0.4, 0.5) is 0 Å². The van der Waals surface area contributed by atoms with Crippen molar-refractivity contribution >= 4 is 10.4 Å². The maximum absolute atomic E-state index is 10.2. The van der Waals surface area contributed by atoms with Crippen molar-refractivity contribution in [2.24, 2.45) is 0 Å². The molecule has 0 aromatic rings. The van der Waals surface area contributed by atoms with E-state index in [1.54, 1.807) is 0 Å². The van der Waals surface area contributed by atoms with E-state index in [1.165, 1.54) is 7.11 Å². The molecule has 56 valence electrons. The minimum Gasteiger partial charge on any atom is -0.357 e. The van der Waals surface area contributed by atoms with E-state index in [9.17, 15) is 8.42 Å². The second kappa shape index (κ2) is 3.78. The summed E-state index contributed by atoms with van der Waals surface area (Å²) >= 11 is 0. The molecule has 0 bridgehead atoms. The molecule has 0 saturated heterocycles. The zero-order chi connectivity index (χ0) is 7.33. The third-order valence-electron chi connectivity index (χ3n) is 0.514. The van der Waals surface area contributed by atoms with Crippen molar-refractivity contribution in [3.8, 4) is 0 Å². The predicted molar refractivity (Wildman–Crippen MR) is 28.9 cm³/mol. The summed E-state index contributed by atoms with van der Waals surface area (Å²) in [5, 5.41) is 0. The molecule has 0 saturated carbocycles. The van der Waals surface area contributed by atoms with Crippen molar-refractivity contribution in [2.45, 2.75) is 0 Å². The SMILES string of the molecule is COCOS(=O)(=O)OC. The number of hydrogen-bond acceptors (Lipinski definition) is 5. The van der Waals surface area contributed by atoms with Crippen LogP contribution in [0, 0.1) is 0 Å². The minimum absolute atomic E-state index is 0.323. The van der Waals surface area contributed by atoms with Crippen molar-refractivity contribution in [1.29, 1.82) is 0 Å². The van der Waals surface area contributed by atoms with Gasteiger partial charge in [0.05, 0.1) is 7.11 Å². The Balaban J connectivity index is 3.61. The van der Waals surface area contributed by atoms with Gasteiger partial charge >= 0.3 is 10.4 Å². The Labute approximate surface area is 53.9 Å². The molecule has 0 heterocycles. The van der Waals surface area contributed by atoms with E-state index in [2.05, 4.69) is 13.1 Å². The summed E-state index contributed by atoms with van der Waals surface area (Å²) < 4.78 is 32.7. The zero-order valence-corrected chi connectivity index (χ0v) is 5.97. The summed E-state index contributed by atoms with van der Waals surface area (Å²) in [4.78, 5) is 0. The van der Waals surface area contributed by atoms with Gasteiger partial charge in [-0.05, 0) is 0 Å². The molecular formula is C3H8O5S. The number of methoxy groups -OCH3 is 1. The summed E-state index contributed by atoms with van der Waals surface area (Å²) in [6.45, 7) is -0.323. The Morgan fingerprint density at radius 1 is 1.33 bits per heavy atom. The van der Waals surface area contributed by atoms with Gasteiger partial charge < -0.3 is 4.74 Å². The van der Waals surface area contributed by atoms with Crippen LogP contribution in [0.2, 0.25) is 0 Å². The van der Waals surface area contributed by atoms with Crippen LogP contribution >= 0.6 is 0 Å². The normalized spacial score (nSPS) is 11.8. The average molecular weight is 156 g/mol. The van der Waals surface area contributed by atoms with Crippen molar-refractivity contribution in [3.05, 3.63) is 0 Å². The molecule has 9 heavy (non-hydrogen) atoms. The van der Waals surface area contributed by atoms with E-state index in [1.807, 2.05) is 0 Å². The molecule has 0 aliphatic rings. The highest BCUT2D eigenvalue weighted by Gasteiger charge is 2.06. The maximum Gasteiger partial charge on any atom is 0.401 e. The molecule has 0 unspecified atom stereocenters. The summed E-state index contributed by atoms with van der Waals surface area (Å²) in [5.41, 5.74) is 0. The lowest BCUT2D eigenvalue weighted by molar-refractivity contribution is 0.0445. The third-order valence-corrected chi connectivity index (χ3v) is 1.31. The molecule has 0 radical (unpaired) electrons. The van der Waals surface area contributed by atoms with Gasteiger partial charge in [0.25, 0.3) is 0 Å². The topological polar surface area (TPSA) is 61.8 Å². The summed E-state index contributed by atoms with van der Waals surface area (Å²) in [6, 6.07) is 0. The van der Waals surface area contributed by atoms with Crippen molar-refractivity contribution in [2.75, 3.05) is 21.0 Å². The van der Waals surface area contributed by atoms with E-state index >= 15 is 0 Å². The van der Waals surface area contributed by atoms with Crippen LogP contribution in [0.1, 0.15) is 0 Å². The molecule has 0 aliphatic heterocycles. The van der Waals surface area contributed by atoms with Crippen LogP contribution in [0.3, 0.4) is 0 Å². The van der Waals surface area contributed by atoms with Crippen molar-refractivity contribution in [1.82, 2.24) is 0 Å². The fraction of sp³-hybridized carbons (Fsp3) is 1.00. The van der Waals surface area contributed by atoms with Crippen molar-refractivity contribution < 1.29 is 21.5 Å². The highest BCUT2D eigenvalue weighted by atomic mass is 32.3. The lowest BCUT2D eigenvalue weighted by Crippen LogP contribution is -2.08. The molecule has 0 fully saturated rings. The highest BCUT2D eigenvalue weighted by Crippen LogP contribution is 1.90. The van der Waals surface area contributed by atoms with Crippen LogP contribution in [-0.4, -0.2) is 29.4 Å². The molecule has 0 atom stereocenters. The molecule has 0 aromatic heterocycles. The van der Waals surface area contributed by atoms with Crippen LogP contribution in [0.15, 0.2) is 0 Å². The molecule has 0 amide bonds. The first-order valence-electron chi connectivity index (χ1n) is 2.06. The Bertz CT molecular complexity index is 148. The van der Waals surface area contributed by atoms with Gasteiger partial charge in [0.15, 0.2) is 6.79 Å². The molecular weight excluding hydrogens is 148 g/mol. The lowest BCUT2D eigenvalue weighted by Gasteiger charge is -1.98. The van der Waals surface area contributed by atoms with Crippen LogP contribution in [-0.2, 0) is 23.5 Å². The fourth-order valence-electron chi connectivity index (χ4n) is 0.155.